The Bertz CT molecular complexity index is 707. The zero-order valence-corrected chi connectivity index (χ0v) is 13.5. The van der Waals surface area contributed by atoms with Crippen molar-refractivity contribution in [2.24, 2.45) is 0 Å². The summed E-state index contributed by atoms with van der Waals surface area (Å²) in [5.74, 6) is 0. The smallest absolute Gasteiger partial charge is 0.0933 e. The molecule has 0 aliphatic rings. The van der Waals surface area contributed by atoms with Crippen LogP contribution < -0.4 is 5.32 Å². The van der Waals surface area contributed by atoms with E-state index >= 15 is 0 Å². The third-order valence-corrected chi connectivity index (χ3v) is 4.69. The summed E-state index contributed by atoms with van der Waals surface area (Å²) < 4.78 is 6.23. The van der Waals surface area contributed by atoms with Gasteiger partial charge in [0.15, 0.2) is 0 Å². The molecule has 3 nitrogen and oxygen atoms in total. The summed E-state index contributed by atoms with van der Waals surface area (Å²) >= 11 is 1.76. The van der Waals surface area contributed by atoms with Gasteiger partial charge in [0.1, 0.15) is 0 Å². The molecule has 0 amide bonds. The number of hydrogen-bond acceptors (Lipinski definition) is 4. The van der Waals surface area contributed by atoms with Crippen molar-refractivity contribution in [2.75, 3.05) is 13.6 Å². The molecule has 1 N–H and O–H groups in total. The van der Waals surface area contributed by atoms with Gasteiger partial charge in [0.25, 0.3) is 0 Å². The summed E-state index contributed by atoms with van der Waals surface area (Å²) in [6.45, 7) is 1.57. The Labute approximate surface area is 135 Å². The number of fused-ring (bicyclic) bond motifs is 1. The average molecular weight is 312 g/mol. The lowest BCUT2D eigenvalue weighted by Gasteiger charge is -2.17. The molecule has 0 aliphatic carbocycles. The number of benzene rings is 1. The minimum absolute atomic E-state index is 0.143. The molecule has 1 unspecified atom stereocenters. The van der Waals surface area contributed by atoms with Gasteiger partial charge in [-0.05, 0) is 48.5 Å². The van der Waals surface area contributed by atoms with Gasteiger partial charge in [0.2, 0.25) is 0 Å². The minimum atomic E-state index is 0.143. The molecule has 0 bridgehead atoms. The van der Waals surface area contributed by atoms with Crippen LogP contribution in [0.15, 0.2) is 54.2 Å². The number of ether oxygens (including phenoxy) is 1. The minimum Gasteiger partial charge on any atom is -0.368 e. The zero-order valence-electron chi connectivity index (χ0n) is 12.7. The van der Waals surface area contributed by atoms with E-state index in [0.29, 0.717) is 6.61 Å². The normalized spacial score (nSPS) is 12.6. The molecule has 3 aromatic rings. The molecule has 0 spiro atoms. The monoisotopic (exact) mass is 312 g/mol. The number of thiophene rings is 1. The number of nitrogens with zero attached hydrogens (tertiary/aromatic N) is 1. The van der Waals surface area contributed by atoms with Crippen molar-refractivity contribution in [3.05, 3.63) is 64.6 Å². The topological polar surface area (TPSA) is 34.1 Å². The molecule has 0 saturated carbocycles. The predicted molar refractivity (Wildman–Crippen MR) is 92.1 cm³/mol. The first kappa shape index (κ1) is 15.2. The van der Waals surface area contributed by atoms with Gasteiger partial charge in [0.05, 0.1) is 12.7 Å². The summed E-state index contributed by atoms with van der Waals surface area (Å²) in [6.07, 6.45) is 4.85. The van der Waals surface area contributed by atoms with Crippen LogP contribution in [0.2, 0.25) is 0 Å². The molecule has 0 fully saturated rings. The molecule has 114 valence electrons. The van der Waals surface area contributed by atoms with Crippen LogP contribution in [-0.2, 0) is 11.3 Å². The van der Waals surface area contributed by atoms with Crippen LogP contribution in [0.25, 0.3) is 10.8 Å². The van der Waals surface area contributed by atoms with Crippen LogP contribution >= 0.6 is 11.3 Å². The average Bonchev–Trinajstić information content (AvgIpc) is 3.09. The van der Waals surface area contributed by atoms with Gasteiger partial charge in [-0.3, -0.25) is 4.98 Å². The molecular weight excluding hydrogens is 292 g/mol. The van der Waals surface area contributed by atoms with E-state index in [0.717, 1.165) is 18.4 Å². The fourth-order valence-corrected chi connectivity index (χ4v) is 3.37. The van der Waals surface area contributed by atoms with E-state index in [2.05, 4.69) is 52.1 Å². The van der Waals surface area contributed by atoms with Gasteiger partial charge < -0.3 is 10.1 Å². The first-order chi connectivity index (χ1) is 10.9. The standard InChI is InChI=1S/C18H20N2OS/c1-19-9-8-17(18-6-3-11-22-18)21-13-15-5-2-4-14-12-20-10-7-16(14)15/h2-7,10-12,17,19H,8-9,13H2,1H3. The second-order valence-corrected chi connectivity index (χ2v) is 6.20. The maximum absolute atomic E-state index is 6.23. The highest BCUT2D eigenvalue weighted by molar-refractivity contribution is 7.10. The third kappa shape index (κ3) is 3.53. The maximum atomic E-state index is 6.23. The van der Waals surface area contributed by atoms with Crippen LogP contribution in [0.3, 0.4) is 0 Å². The molecular formula is C18H20N2OS. The number of pyridine rings is 1. The third-order valence-electron chi connectivity index (χ3n) is 3.73. The highest BCUT2D eigenvalue weighted by Crippen LogP contribution is 2.28. The largest absolute Gasteiger partial charge is 0.368 e. The first-order valence-electron chi connectivity index (χ1n) is 7.49. The second kappa shape index (κ2) is 7.49. The van der Waals surface area contributed by atoms with Crippen molar-refractivity contribution in [3.8, 4) is 0 Å². The van der Waals surface area contributed by atoms with E-state index in [9.17, 15) is 0 Å². The lowest BCUT2D eigenvalue weighted by molar-refractivity contribution is 0.0374. The SMILES string of the molecule is CNCCC(OCc1cccc2cnccc12)c1cccs1. The number of rotatable bonds is 7. The Kier molecular flexibility index (Phi) is 5.16. The fourth-order valence-electron chi connectivity index (χ4n) is 2.56. The number of nitrogens with one attached hydrogen (secondary N) is 1. The molecule has 4 heteroatoms. The van der Waals surface area contributed by atoms with Crippen LogP contribution in [0.4, 0.5) is 0 Å². The summed E-state index contributed by atoms with van der Waals surface area (Å²) in [7, 11) is 1.98. The Morgan fingerprint density at radius 3 is 3.00 bits per heavy atom. The molecule has 2 aromatic heterocycles. The van der Waals surface area contributed by atoms with Crippen LogP contribution in [-0.4, -0.2) is 18.6 Å². The molecule has 3 rings (SSSR count). The van der Waals surface area contributed by atoms with Crippen LogP contribution in [0.1, 0.15) is 23.0 Å². The van der Waals surface area contributed by atoms with Gasteiger partial charge in [-0.1, -0.05) is 24.3 Å². The van der Waals surface area contributed by atoms with Gasteiger partial charge in [-0.2, -0.15) is 0 Å². The Morgan fingerprint density at radius 1 is 1.23 bits per heavy atom. The predicted octanol–water partition coefficient (Wildman–Crippen LogP) is 4.16. The van der Waals surface area contributed by atoms with Gasteiger partial charge in [0, 0.05) is 22.7 Å². The van der Waals surface area contributed by atoms with Crippen molar-refractivity contribution in [3.63, 3.8) is 0 Å². The van der Waals surface area contributed by atoms with E-state index in [4.69, 9.17) is 4.74 Å². The first-order valence-corrected chi connectivity index (χ1v) is 8.37. The Hall–Kier alpha value is -1.75. The summed E-state index contributed by atoms with van der Waals surface area (Å²) in [4.78, 5) is 5.47. The van der Waals surface area contributed by atoms with Crippen LogP contribution in [0, 0.1) is 0 Å². The number of hydrogen-bond donors (Lipinski definition) is 1. The Balaban J connectivity index is 1.76. The van der Waals surface area contributed by atoms with Crippen molar-refractivity contribution in [1.82, 2.24) is 10.3 Å². The van der Waals surface area contributed by atoms with E-state index in [1.165, 1.54) is 15.8 Å². The summed E-state index contributed by atoms with van der Waals surface area (Å²) in [6, 6.07) is 12.6. The molecule has 1 aromatic carbocycles. The van der Waals surface area contributed by atoms with E-state index < -0.39 is 0 Å². The summed E-state index contributed by atoms with van der Waals surface area (Å²) in [5, 5.41) is 7.69. The van der Waals surface area contributed by atoms with Crippen molar-refractivity contribution in [1.29, 1.82) is 0 Å². The van der Waals surface area contributed by atoms with E-state index in [1.54, 1.807) is 11.3 Å². The maximum Gasteiger partial charge on any atom is 0.0933 e. The highest BCUT2D eigenvalue weighted by Gasteiger charge is 2.13. The molecule has 0 saturated heterocycles. The molecule has 0 radical (unpaired) electrons. The molecule has 2 heterocycles. The van der Waals surface area contributed by atoms with Crippen LogP contribution in [0.5, 0.6) is 0 Å². The Morgan fingerprint density at radius 2 is 2.18 bits per heavy atom. The molecule has 0 aliphatic heterocycles. The van der Waals surface area contributed by atoms with Gasteiger partial charge >= 0.3 is 0 Å². The van der Waals surface area contributed by atoms with Gasteiger partial charge in [-0.25, -0.2) is 0 Å². The lowest BCUT2D eigenvalue weighted by atomic mass is 10.1. The molecule has 1 atom stereocenters. The summed E-state index contributed by atoms with van der Waals surface area (Å²) in [5.41, 5.74) is 1.21. The highest BCUT2D eigenvalue weighted by atomic mass is 32.1. The van der Waals surface area contributed by atoms with E-state index in [1.807, 2.05) is 19.4 Å². The van der Waals surface area contributed by atoms with Crippen molar-refractivity contribution >= 4 is 22.1 Å². The fraction of sp³-hybridized carbons (Fsp3) is 0.278. The number of aromatic nitrogens is 1. The van der Waals surface area contributed by atoms with Crippen molar-refractivity contribution < 1.29 is 4.74 Å². The van der Waals surface area contributed by atoms with Gasteiger partial charge in [-0.15, -0.1) is 11.3 Å². The zero-order chi connectivity index (χ0) is 15.2. The lowest BCUT2D eigenvalue weighted by Crippen LogP contribution is -2.13. The van der Waals surface area contributed by atoms with Crippen molar-refractivity contribution in [2.45, 2.75) is 19.1 Å². The van der Waals surface area contributed by atoms with E-state index in [-0.39, 0.29) is 6.10 Å². The quantitative estimate of drug-likeness (QED) is 0.711. The molecule has 22 heavy (non-hydrogen) atoms. The second-order valence-electron chi connectivity index (χ2n) is 5.22.